The van der Waals surface area contributed by atoms with Crippen molar-refractivity contribution in [2.45, 2.75) is 44.2 Å². The molecule has 140 valence electrons. The highest BCUT2D eigenvalue weighted by Gasteiger charge is 2.54. The van der Waals surface area contributed by atoms with E-state index in [4.69, 9.17) is 9.47 Å². The van der Waals surface area contributed by atoms with Gasteiger partial charge in [0.1, 0.15) is 6.10 Å². The summed E-state index contributed by atoms with van der Waals surface area (Å²) >= 11 is 0. The number of nitrogens with zero attached hydrogens (tertiary/aromatic N) is 1. The summed E-state index contributed by atoms with van der Waals surface area (Å²) in [5, 5.41) is 15.8. The molecular weight excluding hydrogens is 328 g/mol. The van der Waals surface area contributed by atoms with E-state index in [2.05, 4.69) is 48.1 Å². The van der Waals surface area contributed by atoms with Crippen LogP contribution in [-0.2, 0) is 16.5 Å². The van der Waals surface area contributed by atoms with Crippen molar-refractivity contribution < 1.29 is 14.6 Å². The number of aliphatic hydroxyl groups excluding tert-OH is 1. The summed E-state index contributed by atoms with van der Waals surface area (Å²) in [6.45, 7) is 2.90. The van der Waals surface area contributed by atoms with Crippen LogP contribution in [0.5, 0.6) is 0 Å². The summed E-state index contributed by atoms with van der Waals surface area (Å²) < 4.78 is 14.2. The zero-order valence-electron chi connectivity index (χ0n) is 15.7. The molecule has 3 aliphatic heterocycles. The van der Waals surface area contributed by atoms with Gasteiger partial charge in [-0.15, -0.1) is 0 Å². The molecule has 2 saturated heterocycles. The molecule has 5 rings (SSSR count). The molecule has 4 heterocycles. The highest BCUT2D eigenvalue weighted by molar-refractivity contribution is 5.86. The van der Waals surface area contributed by atoms with Crippen molar-refractivity contribution in [3.8, 4) is 0 Å². The number of hydrogen-bond donors (Lipinski definition) is 2. The lowest BCUT2D eigenvalue weighted by atomic mass is 9.64. The van der Waals surface area contributed by atoms with E-state index in [1.54, 1.807) is 7.11 Å². The lowest BCUT2D eigenvalue weighted by Gasteiger charge is -2.54. The summed E-state index contributed by atoms with van der Waals surface area (Å²) in [5.74, 6) is 1.04. The first-order chi connectivity index (χ1) is 12.7. The monoisotopic (exact) mass is 356 g/mol. The Morgan fingerprint density at radius 3 is 2.92 bits per heavy atom. The van der Waals surface area contributed by atoms with Gasteiger partial charge in [-0.2, -0.15) is 0 Å². The molecule has 2 aromatic rings. The number of nitrogens with one attached hydrogen (secondary N) is 1. The van der Waals surface area contributed by atoms with E-state index in [9.17, 15) is 5.11 Å². The van der Waals surface area contributed by atoms with Crippen LogP contribution in [0.15, 0.2) is 24.3 Å². The van der Waals surface area contributed by atoms with Crippen molar-refractivity contribution in [2.75, 3.05) is 13.7 Å². The molecule has 1 aromatic carbocycles. The zero-order valence-corrected chi connectivity index (χ0v) is 15.7. The molecule has 2 bridgehead atoms. The van der Waals surface area contributed by atoms with Crippen molar-refractivity contribution in [1.29, 1.82) is 0 Å². The van der Waals surface area contributed by atoms with Crippen LogP contribution in [0.25, 0.3) is 10.9 Å². The van der Waals surface area contributed by atoms with Crippen molar-refractivity contribution in [3.05, 3.63) is 35.5 Å². The highest BCUT2D eigenvalue weighted by atomic mass is 16.6. The number of ether oxygens (including phenoxy) is 2. The minimum atomic E-state index is -0.713. The fraction of sp³-hybridized carbons (Fsp3) is 0.619. The molecule has 2 N–H and O–H groups in total. The number of hydrogen-bond acceptors (Lipinski definition) is 4. The summed E-state index contributed by atoms with van der Waals surface area (Å²) in [7, 11) is 3.95. The molecule has 3 aliphatic rings. The normalized spacial score (nSPS) is 38.8. The molecule has 5 heteroatoms. The second-order valence-electron chi connectivity index (χ2n) is 8.15. The number of methoxy groups -OCH3 is 1. The molecule has 0 saturated carbocycles. The Labute approximate surface area is 154 Å². The molecule has 0 amide bonds. The van der Waals surface area contributed by atoms with Gasteiger partial charge in [0, 0.05) is 54.3 Å². The molecule has 0 radical (unpaired) electrons. The Bertz CT molecular complexity index is 832. The molecule has 26 heavy (non-hydrogen) atoms. The van der Waals surface area contributed by atoms with Crippen LogP contribution in [0.4, 0.5) is 0 Å². The minimum absolute atomic E-state index is 0.0713. The Morgan fingerprint density at radius 1 is 1.35 bits per heavy atom. The molecule has 7 atom stereocenters. The Balaban J connectivity index is 1.70. The van der Waals surface area contributed by atoms with Gasteiger partial charge in [-0.3, -0.25) is 0 Å². The lowest BCUT2D eigenvalue weighted by molar-refractivity contribution is -0.226. The second-order valence-corrected chi connectivity index (χ2v) is 8.15. The number of fused-ring (bicyclic) bond motifs is 8. The fourth-order valence-corrected chi connectivity index (χ4v) is 5.97. The summed E-state index contributed by atoms with van der Waals surface area (Å²) in [5.41, 5.74) is 3.90. The van der Waals surface area contributed by atoms with E-state index in [0.717, 1.165) is 12.8 Å². The lowest BCUT2D eigenvalue weighted by Crippen LogP contribution is -2.61. The first-order valence-electron chi connectivity index (χ1n) is 9.81. The SMILES string of the molecule is CCC1COC(O)C2C1CC1NC2C(OC)c2c1n(C)c1ccccc21. The summed E-state index contributed by atoms with van der Waals surface area (Å²) in [6.07, 6.45) is 1.35. The molecular formula is C21H28N2O3. The maximum absolute atomic E-state index is 10.7. The number of aryl methyl sites for hydroxylation is 1. The van der Waals surface area contributed by atoms with E-state index in [1.807, 2.05) is 0 Å². The molecule has 1 aromatic heterocycles. The third-order valence-corrected chi connectivity index (χ3v) is 7.14. The van der Waals surface area contributed by atoms with Crippen LogP contribution >= 0.6 is 0 Å². The van der Waals surface area contributed by atoms with Gasteiger partial charge in [0.05, 0.1) is 6.61 Å². The van der Waals surface area contributed by atoms with Crippen molar-refractivity contribution >= 4 is 10.9 Å². The minimum Gasteiger partial charge on any atom is -0.375 e. The number of benzene rings is 1. The second kappa shape index (κ2) is 6.06. The average Bonchev–Trinajstić information content (AvgIpc) is 2.96. The molecule has 7 unspecified atom stereocenters. The fourth-order valence-electron chi connectivity index (χ4n) is 5.97. The highest BCUT2D eigenvalue weighted by Crippen LogP contribution is 2.53. The van der Waals surface area contributed by atoms with Crippen LogP contribution in [-0.4, -0.2) is 35.7 Å². The predicted octanol–water partition coefficient (Wildman–Crippen LogP) is 2.89. The largest absolute Gasteiger partial charge is 0.375 e. The van der Waals surface area contributed by atoms with Gasteiger partial charge in [0.15, 0.2) is 6.29 Å². The van der Waals surface area contributed by atoms with Gasteiger partial charge in [-0.1, -0.05) is 31.5 Å². The third-order valence-electron chi connectivity index (χ3n) is 7.14. The molecule has 2 fully saturated rings. The maximum atomic E-state index is 10.7. The number of rotatable bonds is 2. The standard InChI is InChI=1S/C21H28N2O3/c1-4-11-10-26-21(24)16-13(11)9-14-19-17(20(25-3)18(16)22-14)12-7-5-6-8-15(12)23(19)2/h5-8,11,13-14,16,18,20-22,24H,4,9-10H2,1-3H3. The van der Waals surface area contributed by atoms with E-state index in [1.165, 1.54) is 22.2 Å². The number of para-hydroxylation sites is 1. The average molecular weight is 356 g/mol. The smallest absolute Gasteiger partial charge is 0.159 e. The summed E-state index contributed by atoms with van der Waals surface area (Å²) in [6, 6.07) is 8.96. The van der Waals surface area contributed by atoms with Crippen molar-refractivity contribution in [3.63, 3.8) is 0 Å². The predicted molar refractivity (Wildman–Crippen MR) is 99.7 cm³/mol. The third kappa shape index (κ3) is 2.12. The van der Waals surface area contributed by atoms with Gasteiger partial charge < -0.3 is 24.5 Å². The zero-order chi connectivity index (χ0) is 18.0. The van der Waals surface area contributed by atoms with Crippen LogP contribution in [0.1, 0.15) is 43.2 Å². The molecule has 0 aliphatic carbocycles. The maximum Gasteiger partial charge on any atom is 0.159 e. The van der Waals surface area contributed by atoms with Crippen LogP contribution in [0.2, 0.25) is 0 Å². The summed E-state index contributed by atoms with van der Waals surface area (Å²) in [4.78, 5) is 0. The molecule has 0 spiro atoms. The van der Waals surface area contributed by atoms with Crippen molar-refractivity contribution in [2.24, 2.45) is 24.8 Å². The van der Waals surface area contributed by atoms with Crippen molar-refractivity contribution in [1.82, 2.24) is 9.88 Å². The van der Waals surface area contributed by atoms with Crippen LogP contribution in [0, 0.1) is 17.8 Å². The van der Waals surface area contributed by atoms with Crippen LogP contribution in [0.3, 0.4) is 0 Å². The van der Waals surface area contributed by atoms with Gasteiger partial charge in [0.25, 0.3) is 0 Å². The van der Waals surface area contributed by atoms with E-state index in [-0.39, 0.29) is 18.1 Å². The first kappa shape index (κ1) is 16.8. The number of aliphatic hydroxyl groups is 1. The Hall–Kier alpha value is -1.40. The van der Waals surface area contributed by atoms with Gasteiger partial charge in [0.2, 0.25) is 0 Å². The van der Waals surface area contributed by atoms with Gasteiger partial charge in [-0.05, 0) is 24.3 Å². The number of piperidine rings is 1. The van der Waals surface area contributed by atoms with E-state index >= 15 is 0 Å². The number of aromatic nitrogens is 1. The quantitative estimate of drug-likeness (QED) is 0.869. The Kier molecular flexibility index (Phi) is 3.90. The van der Waals surface area contributed by atoms with Crippen LogP contribution < -0.4 is 5.32 Å². The topological polar surface area (TPSA) is 55.6 Å². The van der Waals surface area contributed by atoms with Gasteiger partial charge >= 0.3 is 0 Å². The van der Waals surface area contributed by atoms with E-state index in [0.29, 0.717) is 24.5 Å². The van der Waals surface area contributed by atoms with Gasteiger partial charge in [-0.25, -0.2) is 0 Å². The first-order valence-corrected chi connectivity index (χ1v) is 9.81. The van der Waals surface area contributed by atoms with E-state index < -0.39 is 6.29 Å². The Morgan fingerprint density at radius 2 is 2.15 bits per heavy atom. The molecule has 5 nitrogen and oxygen atoms in total.